The van der Waals surface area contributed by atoms with Crippen LogP contribution in [0.15, 0.2) is 22.7 Å². The second-order valence-electron chi connectivity index (χ2n) is 6.02. The predicted octanol–water partition coefficient (Wildman–Crippen LogP) is 2.84. The van der Waals surface area contributed by atoms with E-state index in [2.05, 4.69) is 40.1 Å². The van der Waals surface area contributed by atoms with Gasteiger partial charge in [0.05, 0.1) is 4.47 Å². The van der Waals surface area contributed by atoms with Crippen molar-refractivity contribution in [3.05, 3.63) is 34.1 Å². The molecule has 112 valence electrons. The Kier molecular flexibility index (Phi) is 5.18. The van der Waals surface area contributed by atoms with E-state index in [0.29, 0.717) is 4.47 Å². The fraction of sp³-hybridized carbons (Fsp3) is 0.600. The molecule has 1 atom stereocenters. The van der Waals surface area contributed by atoms with Gasteiger partial charge in [0.15, 0.2) is 0 Å². The monoisotopic (exact) mass is 343 g/mol. The van der Waals surface area contributed by atoms with Crippen molar-refractivity contribution in [1.29, 1.82) is 0 Å². The molecule has 0 aliphatic carbocycles. The second kappa shape index (κ2) is 6.52. The van der Waals surface area contributed by atoms with Crippen LogP contribution in [0.25, 0.3) is 0 Å². The van der Waals surface area contributed by atoms with Gasteiger partial charge in [-0.2, -0.15) is 0 Å². The molecule has 0 aromatic heterocycles. The molecule has 1 aromatic carbocycles. The number of nitrogens with one attached hydrogen (secondary N) is 1. The summed E-state index contributed by atoms with van der Waals surface area (Å²) in [6.07, 6.45) is 3.28. The molecule has 0 saturated carbocycles. The summed E-state index contributed by atoms with van der Waals surface area (Å²) in [7, 11) is 0. The van der Waals surface area contributed by atoms with Crippen LogP contribution in [-0.2, 0) is 6.42 Å². The van der Waals surface area contributed by atoms with E-state index in [9.17, 15) is 4.39 Å². The number of likely N-dealkylation sites (tertiary alicyclic amines) is 1. The number of rotatable bonds is 5. The number of hydrogen-bond acceptors (Lipinski definition) is 3. The van der Waals surface area contributed by atoms with Crippen molar-refractivity contribution in [2.75, 3.05) is 13.1 Å². The predicted molar refractivity (Wildman–Crippen MR) is 83.8 cm³/mol. The molecule has 1 aliphatic rings. The summed E-state index contributed by atoms with van der Waals surface area (Å²) in [5, 5.41) is 0. The van der Waals surface area contributed by atoms with Crippen molar-refractivity contribution in [2.24, 2.45) is 5.84 Å². The minimum atomic E-state index is -0.232. The van der Waals surface area contributed by atoms with E-state index < -0.39 is 0 Å². The average molecular weight is 344 g/mol. The van der Waals surface area contributed by atoms with E-state index in [1.165, 1.54) is 18.9 Å². The van der Waals surface area contributed by atoms with Crippen molar-refractivity contribution in [3.8, 4) is 0 Å². The van der Waals surface area contributed by atoms with Crippen LogP contribution in [0.4, 0.5) is 4.39 Å². The average Bonchev–Trinajstić information content (AvgIpc) is 2.94. The van der Waals surface area contributed by atoms with Gasteiger partial charge in [-0.15, -0.1) is 0 Å². The summed E-state index contributed by atoms with van der Waals surface area (Å²) in [6, 6.07) is 5.28. The lowest BCUT2D eigenvalue weighted by atomic mass is 9.88. The minimum Gasteiger partial charge on any atom is -0.297 e. The SMILES string of the molecule is CC(C)(C(Cc1ccc(F)c(Br)c1)NN)N1CCCC1. The van der Waals surface area contributed by atoms with Gasteiger partial charge in [0.25, 0.3) is 0 Å². The molecule has 1 fully saturated rings. The first kappa shape index (κ1) is 15.9. The first-order valence-corrected chi connectivity index (χ1v) is 7.89. The summed E-state index contributed by atoms with van der Waals surface area (Å²) >= 11 is 3.24. The van der Waals surface area contributed by atoms with Gasteiger partial charge in [-0.3, -0.25) is 16.2 Å². The molecule has 0 bridgehead atoms. The van der Waals surface area contributed by atoms with Gasteiger partial charge in [0.2, 0.25) is 0 Å². The molecule has 1 unspecified atom stereocenters. The van der Waals surface area contributed by atoms with Crippen molar-refractivity contribution < 1.29 is 4.39 Å². The largest absolute Gasteiger partial charge is 0.297 e. The molecule has 0 spiro atoms. The molecule has 0 amide bonds. The highest BCUT2D eigenvalue weighted by Crippen LogP contribution is 2.27. The van der Waals surface area contributed by atoms with Crippen LogP contribution in [0.5, 0.6) is 0 Å². The molecular weight excluding hydrogens is 321 g/mol. The van der Waals surface area contributed by atoms with Crippen LogP contribution in [0.1, 0.15) is 32.3 Å². The highest BCUT2D eigenvalue weighted by atomic mass is 79.9. The summed E-state index contributed by atoms with van der Waals surface area (Å²) in [5.41, 5.74) is 4.01. The first-order valence-electron chi connectivity index (χ1n) is 7.10. The zero-order valence-corrected chi connectivity index (χ0v) is 13.7. The lowest BCUT2D eigenvalue weighted by Gasteiger charge is -2.42. The lowest BCUT2D eigenvalue weighted by molar-refractivity contribution is 0.106. The molecule has 2 rings (SSSR count). The number of hydrogen-bond donors (Lipinski definition) is 2. The van der Waals surface area contributed by atoms with Crippen LogP contribution in [0.2, 0.25) is 0 Å². The zero-order chi connectivity index (χ0) is 14.8. The zero-order valence-electron chi connectivity index (χ0n) is 12.1. The standard InChI is InChI=1S/C15H23BrFN3/c1-15(2,20-7-3-4-8-20)14(19-18)10-11-5-6-13(17)12(16)9-11/h5-6,9,14,19H,3-4,7-8,10,18H2,1-2H3. The Morgan fingerprint density at radius 1 is 1.40 bits per heavy atom. The van der Waals surface area contributed by atoms with Crippen LogP contribution >= 0.6 is 15.9 Å². The van der Waals surface area contributed by atoms with E-state index in [1.807, 2.05) is 12.1 Å². The highest BCUT2D eigenvalue weighted by Gasteiger charge is 2.36. The van der Waals surface area contributed by atoms with Crippen molar-refractivity contribution >= 4 is 15.9 Å². The Morgan fingerprint density at radius 3 is 2.60 bits per heavy atom. The normalized spacial score (nSPS) is 18.4. The van der Waals surface area contributed by atoms with Gasteiger partial charge in [0, 0.05) is 11.6 Å². The van der Waals surface area contributed by atoms with Crippen LogP contribution in [-0.4, -0.2) is 29.6 Å². The summed E-state index contributed by atoms with van der Waals surface area (Å²) in [6.45, 7) is 6.69. The maximum absolute atomic E-state index is 13.3. The number of halogens is 2. The molecule has 1 aliphatic heterocycles. The van der Waals surface area contributed by atoms with Crippen molar-refractivity contribution in [1.82, 2.24) is 10.3 Å². The Bertz CT molecular complexity index is 458. The Labute approximate surface area is 128 Å². The van der Waals surface area contributed by atoms with E-state index in [1.54, 1.807) is 0 Å². The smallest absolute Gasteiger partial charge is 0.137 e. The van der Waals surface area contributed by atoms with E-state index in [4.69, 9.17) is 5.84 Å². The molecule has 3 nitrogen and oxygen atoms in total. The number of benzene rings is 1. The summed E-state index contributed by atoms with van der Waals surface area (Å²) < 4.78 is 13.8. The maximum atomic E-state index is 13.3. The third-order valence-electron chi connectivity index (χ3n) is 4.40. The quantitative estimate of drug-likeness (QED) is 0.638. The van der Waals surface area contributed by atoms with Crippen molar-refractivity contribution in [2.45, 2.75) is 44.7 Å². The molecule has 0 radical (unpaired) electrons. The lowest BCUT2D eigenvalue weighted by Crippen LogP contribution is -2.59. The molecular formula is C15H23BrFN3. The molecule has 1 heterocycles. The molecule has 1 saturated heterocycles. The van der Waals surface area contributed by atoms with Crippen LogP contribution < -0.4 is 11.3 Å². The molecule has 20 heavy (non-hydrogen) atoms. The summed E-state index contributed by atoms with van der Waals surface area (Å²) in [4.78, 5) is 2.48. The highest BCUT2D eigenvalue weighted by molar-refractivity contribution is 9.10. The van der Waals surface area contributed by atoms with Gasteiger partial charge in [-0.1, -0.05) is 6.07 Å². The fourth-order valence-electron chi connectivity index (χ4n) is 2.93. The van der Waals surface area contributed by atoms with Gasteiger partial charge in [0.1, 0.15) is 5.82 Å². The van der Waals surface area contributed by atoms with Gasteiger partial charge in [-0.25, -0.2) is 4.39 Å². The Morgan fingerprint density at radius 2 is 2.05 bits per heavy atom. The molecule has 3 N–H and O–H groups in total. The number of hydrazine groups is 1. The maximum Gasteiger partial charge on any atom is 0.137 e. The van der Waals surface area contributed by atoms with Gasteiger partial charge < -0.3 is 0 Å². The fourth-order valence-corrected chi connectivity index (χ4v) is 3.35. The molecule has 5 heteroatoms. The van der Waals surface area contributed by atoms with Crippen molar-refractivity contribution in [3.63, 3.8) is 0 Å². The van der Waals surface area contributed by atoms with Gasteiger partial charge in [-0.05, 0) is 79.8 Å². The summed E-state index contributed by atoms with van der Waals surface area (Å²) in [5.74, 6) is 5.55. The third kappa shape index (κ3) is 3.39. The van der Waals surface area contributed by atoms with Crippen LogP contribution in [0, 0.1) is 5.82 Å². The van der Waals surface area contributed by atoms with E-state index >= 15 is 0 Å². The first-order chi connectivity index (χ1) is 9.45. The minimum absolute atomic E-state index is 0.0217. The van der Waals surface area contributed by atoms with Crippen LogP contribution in [0.3, 0.4) is 0 Å². The second-order valence-corrected chi connectivity index (χ2v) is 6.87. The number of nitrogens with zero attached hydrogens (tertiary/aromatic N) is 1. The Hall–Kier alpha value is -0.490. The topological polar surface area (TPSA) is 41.3 Å². The number of nitrogens with two attached hydrogens (primary N) is 1. The third-order valence-corrected chi connectivity index (χ3v) is 5.01. The Balaban J connectivity index is 2.13. The van der Waals surface area contributed by atoms with Gasteiger partial charge >= 0.3 is 0 Å². The van der Waals surface area contributed by atoms with E-state index in [-0.39, 0.29) is 17.4 Å². The van der Waals surface area contributed by atoms with E-state index in [0.717, 1.165) is 25.1 Å². The molecule has 1 aromatic rings.